The monoisotopic (exact) mass is 637 g/mol. The maximum Gasteiger partial charge on any atom is 0.490 e. The number of ether oxygens (including phenoxy) is 4. The zero-order valence-electron chi connectivity index (χ0n) is 25.6. The molecule has 5 rings (SSSR count). The molecule has 3 heterocycles. The van der Waals surface area contributed by atoms with Crippen LogP contribution in [0.2, 0.25) is 0 Å². The molecule has 12 nitrogen and oxygen atoms in total. The van der Waals surface area contributed by atoms with E-state index in [1.807, 2.05) is 42.3 Å². The van der Waals surface area contributed by atoms with Gasteiger partial charge in [0.15, 0.2) is 23.0 Å². The van der Waals surface area contributed by atoms with Crippen LogP contribution in [0.15, 0.2) is 30.3 Å². The third-order valence-electron chi connectivity index (χ3n) is 7.55. The Kier molecular flexibility index (Phi) is 11.0. The van der Waals surface area contributed by atoms with Gasteiger partial charge in [-0.25, -0.2) is 9.78 Å². The number of rotatable bonds is 9. The minimum absolute atomic E-state index is 0.148. The lowest BCUT2D eigenvalue weighted by atomic mass is 10.0. The lowest BCUT2D eigenvalue weighted by molar-refractivity contribution is -0.192. The van der Waals surface area contributed by atoms with E-state index in [1.165, 1.54) is 0 Å². The van der Waals surface area contributed by atoms with Gasteiger partial charge in [0.25, 0.3) is 0 Å². The number of halogens is 3. The Bertz CT molecular complexity index is 1480. The summed E-state index contributed by atoms with van der Waals surface area (Å²) in [6.07, 6.45) is -2.95. The van der Waals surface area contributed by atoms with Crippen molar-refractivity contribution in [3.05, 3.63) is 35.9 Å². The summed E-state index contributed by atoms with van der Waals surface area (Å²) >= 11 is 0. The number of piperidine rings is 1. The highest BCUT2D eigenvalue weighted by molar-refractivity contribution is 5.93. The van der Waals surface area contributed by atoms with Crippen LogP contribution < -0.4 is 28.7 Å². The van der Waals surface area contributed by atoms with Crippen LogP contribution in [0.1, 0.15) is 18.4 Å². The molecule has 0 saturated carbocycles. The van der Waals surface area contributed by atoms with Crippen LogP contribution in [-0.2, 0) is 11.3 Å². The number of benzene rings is 2. The van der Waals surface area contributed by atoms with E-state index in [1.54, 1.807) is 14.2 Å². The van der Waals surface area contributed by atoms with Crippen molar-refractivity contribution < 1.29 is 47.1 Å². The van der Waals surface area contributed by atoms with Gasteiger partial charge in [0.1, 0.15) is 19.0 Å². The van der Waals surface area contributed by atoms with E-state index < -0.39 is 12.1 Å². The maximum atomic E-state index is 10.6. The summed E-state index contributed by atoms with van der Waals surface area (Å²) in [5, 5.41) is 17.5. The van der Waals surface area contributed by atoms with Gasteiger partial charge >= 0.3 is 12.1 Å². The number of hydrogen-bond acceptors (Lipinski definition) is 11. The molecular weight excluding hydrogens is 599 g/mol. The van der Waals surface area contributed by atoms with Gasteiger partial charge in [-0.1, -0.05) is 6.07 Å². The van der Waals surface area contributed by atoms with Crippen molar-refractivity contribution in [1.29, 1.82) is 0 Å². The number of carboxylic acids is 1. The van der Waals surface area contributed by atoms with Crippen molar-refractivity contribution in [2.45, 2.75) is 31.6 Å². The average Bonchev–Trinajstić information content (AvgIpc) is 3.03. The van der Waals surface area contributed by atoms with Crippen LogP contribution in [0, 0.1) is 0 Å². The number of fused-ring (bicyclic) bond motifs is 2. The number of aromatic nitrogens is 2. The van der Waals surface area contributed by atoms with Crippen LogP contribution in [0.5, 0.6) is 23.0 Å². The van der Waals surface area contributed by atoms with Crippen molar-refractivity contribution in [3.8, 4) is 23.0 Å². The fourth-order valence-electron chi connectivity index (χ4n) is 5.22. The summed E-state index contributed by atoms with van der Waals surface area (Å²) in [7, 11) is 7.34. The largest absolute Gasteiger partial charge is 0.493 e. The summed E-state index contributed by atoms with van der Waals surface area (Å²) in [4.78, 5) is 25.5. The highest BCUT2D eigenvalue weighted by Gasteiger charge is 2.38. The molecular formula is C30H38F3N5O7. The molecule has 45 heavy (non-hydrogen) atoms. The van der Waals surface area contributed by atoms with Crippen molar-refractivity contribution in [3.63, 3.8) is 0 Å². The van der Waals surface area contributed by atoms with E-state index >= 15 is 0 Å². The molecule has 2 aliphatic rings. The van der Waals surface area contributed by atoms with E-state index in [-0.39, 0.29) is 6.61 Å². The van der Waals surface area contributed by atoms with Crippen molar-refractivity contribution in [1.82, 2.24) is 14.9 Å². The van der Waals surface area contributed by atoms with Crippen molar-refractivity contribution in [2.75, 3.05) is 77.6 Å². The van der Waals surface area contributed by atoms with Crippen LogP contribution in [0.3, 0.4) is 0 Å². The second-order valence-electron chi connectivity index (χ2n) is 10.7. The zero-order chi connectivity index (χ0) is 32.7. The number of aliphatic hydroxyl groups is 1. The third kappa shape index (κ3) is 8.28. The minimum atomic E-state index is -5.08. The minimum Gasteiger partial charge on any atom is -0.493 e. The first-order chi connectivity index (χ1) is 21.4. The van der Waals surface area contributed by atoms with Crippen molar-refractivity contribution in [2.24, 2.45) is 0 Å². The fourth-order valence-corrected chi connectivity index (χ4v) is 5.22. The predicted molar refractivity (Wildman–Crippen MR) is 161 cm³/mol. The highest BCUT2D eigenvalue weighted by Crippen LogP contribution is 2.37. The van der Waals surface area contributed by atoms with Gasteiger partial charge < -0.3 is 39.0 Å². The standard InChI is InChI=1S/C28H37N5O5.C2HF3O2/c1-31(10-11-34)20-6-5-9-33(18-20)27-21-15-24(35-3)25(36-4)16-22(21)29-28(30-27)32(2)17-19-7-8-23-26(14-19)38-13-12-37-23;3-2(4,5)1(6)7/h7-8,14-16,20,34H,5-6,9-13,17-18H2,1-4H3;(H,6,7). The molecule has 246 valence electrons. The van der Waals surface area contributed by atoms with Gasteiger partial charge in [0.2, 0.25) is 5.95 Å². The molecule has 2 aromatic carbocycles. The van der Waals surface area contributed by atoms with Gasteiger partial charge in [0.05, 0.1) is 26.3 Å². The summed E-state index contributed by atoms with van der Waals surface area (Å²) in [6, 6.07) is 10.2. The molecule has 1 fully saturated rings. The fraction of sp³-hybridized carbons (Fsp3) is 0.500. The van der Waals surface area contributed by atoms with Crippen LogP contribution >= 0.6 is 0 Å². The molecule has 1 aromatic heterocycles. The zero-order valence-corrected chi connectivity index (χ0v) is 25.6. The number of aliphatic carboxylic acids is 1. The summed E-state index contributed by atoms with van der Waals surface area (Å²) in [5.41, 5.74) is 1.88. The second kappa shape index (κ2) is 14.7. The lowest BCUT2D eigenvalue weighted by Gasteiger charge is -2.38. The van der Waals surface area contributed by atoms with Crippen molar-refractivity contribution >= 4 is 28.6 Å². The summed E-state index contributed by atoms with van der Waals surface area (Å²) < 4.78 is 54.4. The quantitative estimate of drug-likeness (QED) is 0.356. The first-order valence-corrected chi connectivity index (χ1v) is 14.3. The first kappa shape index (κ1) is 33.6. The molecule has 2 N–H and O–H groups in total. The van der Waals surface area contributed by atoms with Gasteiger partial charge in [-0.3, -0.25) is 4.90 Å². The van der Waals surface area contributed by atoms with Gasteiger partial charge in [-0.2, -0.15) is 18.2 Å². The molecule has 2 aliphatic heterocycles. The number of hydrogen-bond donors (Lipinski definition) is 2. The molecule has 3 aromatic rings. The molecule has 1 unspecified atom stereocenters. The number of anilines is 2. The van der Waals surface area contributed by atoms with E-state index in [0.29, 0.717) is 49.8 Å². The van der Waals surface area contributed by atoms with E-state index in [0.717, 1.165) is 59.7 Å². The third-order valence-corrected chi connectivity index (χ3v) is 7.55. The molecule has 0 spiro atoms. The molecule has 0 amide bonds. The molecule has 1 atom stereocenters. The van der Waals surface area contributed by atoms with Crippen LogP contribution in [0.25, 0.3) is 10.9 Å². The molecule has 0 radical (unpaired) electrons. The van der Waals surface area contributed by atoms with Crippen LogP contribution in [-0.4, -0.2) is 111 Å². The number of carboxylic acid groups (broad SMARTS) is 1. The molecule has 15 heteroatoms. The normalized spacial score (nSPS) is 16.2. The smallest absolute Gasteiger partial charge is 0.490 e. The Morgan fingerprint density at radius 3 is 2.38 bits per heavy atom. The van der Waals surface area contributed by atoms with E-state index in [2.05, 4.69) is 16.8 Å². The maximum absolute atomic E-state index is 10.6. The molecule has 1 saturated heterocycles. The summed E-state index contributed by atoms with van der Waals surface area (Å²) in [6.45, 7) is 4.25. The lowest BCUT2D eigenvalue weighted by Crippen LogP contribution is -2.47. The Morgan fingerprint density at radius 2 is 1.73 bits per heavy atom. The van der Waals surface area contributed by atoms with Crippen LogP contribution in [0.4, 0.5) is 24.9 Å². The Labute approximate surface area is 258 Å². The molecule has 0 aliphatic carbocycles. The summed E-state index contributed by atoms with van der Waals surface area (Å²) in [5.74, 6) is 1.57. The van der Waals surface area contributed by atoms with Gasteiger partial charge in [-0.15, -0.1) is 0 Å². The first-order valence-electron chi connectivity index (χ1n) is 14.3. The van der Waals surface area contributed by atoms with Gasteiger partial charge in [-0.05, 0) is 43.7 Å². The molecule has 0 bridgehead atoms. The number of nitrogens with zero attached hydrogens (tertiary/aromatic N) is 5. The Morgan fingerprint density at radius 1 is 1.07 bits per heavy atom. The SMILES string of the molecule is COc1cc2nc(N(C)Cc3ccc4c(c3)OCCO4)nc(N3CCCC(N(C)CCO)C3)c2cc1OC.O=C(O)C(F)(F)F. The number of methoxy groups -OCH3 is 2. The Balaban J connectivity index is 0.000000591. The average molecular weight is 638 g/mol. The predicted octanol–water partition coefficient (Wildman–Crippen LogP) is 3.58. The number of aliphatic hydroxyl groups excluding tert-OH is 1. The topological polar surface area (TPSA) is 130 Å². The van der Waals surface area contributed by atoms with Gasteiger partial charge in [0, 0.05) is 50.7 Å². The second-order valence-corrected chi connectivity index (χ2v) is 10.7. The van der Waals surface area contributed by atoms with E-state index in [9.17, 15) is 18.3 Å². The number of alkyl halides is 3. The van der Waals surface area contributed by atoms with E-state index in [4.69, 9.17) is 38.8 Å². The Hall–Kier alpha value is -4.24. The highest BCUT2D eigenvalue weighted by atomic mass is 19.4. The number of carbonyl (C=O) groups is 1. The number of likely N-dealkylation sites (N-methyl/N-ethyl adjacent to an activating group) is 1.